The maximum atomic E-state index is 3.46. The molecule has 0 spiro atoms. The highest BCUT2D eigenvalue weighted by Gasteiger charge is 2.01. The van der Waals surface area contributed by atoms with Gasteiger partial charge in [0.1, 0.15) is 0 Å². The van der Waals surface area contributed by atoms with Gasteiger partial charge in [-0.3, -0.25) is 0 Å². The van der Waals surface area contributed by atoms with Gasteiger partial charge in [0.25, 0.3) is 0 Å². The third kappa shape index (κ3) is 7.34. The molecular formula is C17H30N2. The van der Waals surface area contributed by atoms with Crippen LogP contribution in [0.3, 0.4) is 0 Å². The van der Waals surface area contributed by atoms with Crippen LogP contribution >= 0.6 is 0 Å². The second-order valence-electron chi connectivity index (χ2n) is 5.44. The highest BCUT2D eigenvalue weighted by atomic mass is 15.1. The van der Waals surface area contributed by atoms with Gasteiger partial charge in [-0.25, -0.2) is 0 Å². The van der Waals surface area contributed by atoms with Gasteiger partial charge in [0.15, 0.2) is 0 Å². The van der Waals surface area contributed by atoms with Crippen LogP contribution in [0.1, 0.15) is 50.7 Å². The van der Waals surface area contributed by atoms with Crippen LogP contribution in [0.4, 0.5) is 0 Å². The van der Waals surface area contributed by atoms with Crippen LogP contribution in [0.15, 0.2) is 24.3 Å². The average molecular weight is 262 g/mol. The molecule has 1 aromatic carbocycles. The van der Waals surface area contributed by atoms with E-state index in [4.69, 9.17) is 0 Å². The topological polar surface area (TPSA) is 15.3 Å². The Kier molecular flexibility index (Phi) is 8.52. The van der Waals surface area contributed by atoms with Gasteiger partial charge in [0.05, 0.1) is 0 Å². The highest BCUT2D eigenvalue weighted by molar-refractivity contribution is 5.23. The van der Waals surface area contributed by atoms with Crippen LogP contribution in [-0.2, 0) is 13.1 Å². The van der Waals surface area contributed by atoms with Crippen molar-refractivity contribution in [1.82, 2.24) is 10.2 Å². The molecule has 0 heterocycles. The predicted octanol–water partition coefficient (Wildman–Crippen LogP) is 3.81. The normalized spacial score (nSPS) is 11.2. The molecule has 1 aromatic rings. The van der Waals surface area contributed by atoms with Gasteiger partial charge in [-0.15, -0.1) is 0 Å². The highest BCUT2D eigenvalue weighted by Crippen LogP contribution is 2.08. The van der Waals surface area contributed by atoms with E-state index in [-0.39, 0.29) is 0 Å². The number of nitrogens with zero attached hydrogens (tertiary/aromatic N) is 1. The fourth-order valence-corrected chi connectivity index (χ4v) is 2.27. The molecule has 0 unspecified atom stereocenters. The molecular weight excluding hydrogens is 232 g/mol. The molecule has 0 atom stereocenters. The van der Waals surface area contributed by atoms with Crippen molar-refractivity contribution in [3.8, 4) is 0 Å². The number of benzene rings is 1. The van der Waals surface area contributed by atoms with E-state index in [1.54, 1.807) is 0 Å². The largest absolute Gasteiger partial charge is 0.313 e. The van der Waals surface area contributed by atoms with E-state index in [1.165, 1.54) is 43.4 Å². The van der Waals surface area contributed by atoms with Gasteiger partial charge in [0, 0.05) is 13.1 Å². The summed E-state index contributed by atoms with van der Waals surface area (Å²) in [6.07, 6.45) is 5.14. The zero-order chi connectivity index (χ0) is 13.9. The third-order valence-electron chi connectivity index (χ3n) is 3.34. The summed E-state index contributed by atoms with van der Waals surface area (Å²) in [6.45, 7) is 8.81. The molecule has 0 fully saturated rings. The molecule has 108 valence electrons. The summed E-state index contributed by atoms with van der Waals surface area (Å²) in [4.78, 5) is 2.42. The molecule has 1 N–H and O–H groups in total. The minimum absolute atomic E-state index is 0.987. The number of hydrogen-bond acceptors (Lipinski definition) is 2. The van der Waals surface area contributed by atoms with Crippen LogP contribution < -0.4 is 5.32 Å². The number of rotatable bonds is 10. The van der Waals surface area contributed by atoms with Crippen molar-refractivity contribution >= 4 is 0 Å². The maximum absolute atomic E-state index is 3.46. The van der Waals surface area contributed by atoms with Crippen molar-refractivity contribution < 1.29 is 0 Å². The molecule has 0 aliphatic carbocycles. The smallest absolute Gasteiger partial charge is 0.0230 e. The van der Waals surface area contributed by atoms with Crippen LogP contribution in [0.5, 0.6) is 0 Å². The Balaban J connectivity index is 2.38. The molecule has 19 heavy (non-hydrogen) atoms. The van der Waals surface area contributed by atoms with Gasteiger partial charge in [-0.2, -0.15) is 0 Å². The first kappa shape index (κ1) is 16.2. The van der Waals surface area contributed by atoms with Crippen LogP contribution in [0.2, 0.25) is 0 Å². The lowest BCUT2D eigenvalue weighted by molar-refractivity contribution is 0.318. The summed E-state index contributed by atoms with van der Waals surface area (Å²) in [5.41, 5.74) is 2.82. The van der Waals surface area contributed by atoms with Crippen molar-refractivity contribution in [2.45, 2.75) is 52.6 Å². The van der Waals surface area contributed by atoms with E-state index < -0.39 is 0 Å². The Labute approximate surface area is 119 Å². The molecule has 0 aliphatic heterocycles. The Morgan fingerprint density at radius 3 is 2.58 bits per heavy atom. The third-order valence-corrected chi connectivity index (χ3v) is 3.34. The molecule has 0 saturated carbocycles. The quantitative estimate of drug-likeness (QED) is 0.645. The number of unbranched alkanes of at least 4 members (excludes halogenated alkanes) is 2. The van der Waals surface area contributed by atoms with Crippen molar-refractivity contribution in [1.29, 1.82) is 0 Å². The van der Waals surface area contributed by atoms with E-state index in [1.807, 2.05) is 0 Å². The molecule has 2 nitrogen and oxygen atoms in total. The summed E-state index contributed by atoms with van der Waals surface area (Å²) >= 11 is 0. The summed E-state index contributed by atoms with van der Waals surface area (Å²) in [5.74, 6) is 0. The first-order chi connectivity index (χ1) is 9.26. The van der Waals surface area contributed by atoms with Gasteiger partial charge in [0.2, 0.25) is 0 Å². The second-order valence-corrected chi connectivity index (χ2v) is 5.44. The Hall–Kier alpha value is -0.860. The van der Waals surface area contributed by atoms with Crippen molar-refractivity contribution in [3.63, 3.8) is 0 Å². The molecule has 2 heteroatoms. The SMILES string of the molecule is CCCCCN(C)Cc1cccc(CNCCC)c1. The molecule has 0 aliphatic rings. The lowest BCUT2D eigenvalue weighted by Crippen LogP contribution is -2.19. The maximum Gasteiger partial charge on any atom is 0.0230 e. The predicted molar refractivity (Wildman–Crippen MR) is 84.3 cm³/mol. The fourth-order valence-electron chi connectivity index (χ4n) is 2.27. The summed E-state index contributed by atoms with van der Waals surface area (Å²) in [5, 5.41) is 3.46. The minimum atomic E-state index is 0.987. The van der Waals surface area contributed by atoms with E-state index in [0.717, 1.165) is 19.6 Å². The van der Waals surface area contributed by atoms with Crippen LogP contribution in [0, 0.1) is 0 Å². The lowest BCUT2D eigenvalue weighted by atomic mass is 10.1. The van der Waals surface area contributed by atoms with Gasteiger partial charge in [-0.05, 0) is 44.1 Å². The average Bonchev–Trinajstić information content (AvgIpc) is 2.40. The van der Waals surface area contributed by atoms with E-state index >= 15 is 0 Å². The van der Waals surface area contributed by atoms with Crippen molar-refractivity contribution in [2.24, 2.45) is 0 Å². The van der Waals surface area contributed by atoms with Crippen LogP contribution in [-0.4, -0.2) is 25.0 Å². The standard InChI is InChI=1S/C17H30N2/c1-4-6-7-12-19(3)15-17-10-8-9-16(13-17)14-18-11-5-2/h8-10,13,18H,4-7,11-12,14-15H2,1-3H3. The van der Waals surface area contributed by atoms with Crippen molar-refractivity contribution in [2.75, 3.05) is 20.1 Å². The zero-order valence-corrected chi connectivity index (χ0v) is 12.9. The molecule has 0 saturated heterocycles. The summed E-state index contributed by atoms with van der Waals surface area (Å²) < 4.78 is 0. The summed E-state index contributed by atoms with van der Waals surface area (Å²) in [6, 6.07) is 8.96. The van der Waals surface area contributed by atoms with Crippen LogP contribution in [0.25, 0.3) is 0 Å². The number of nitrogens with one attached hydrogen (secondary N) is 1. The van der Waals surface area contributed by atoms with Crippen molar-refractivity contribution in [3.05, 3.63) is 35.4 Å². The van der Waals surface area contributed by atoms with Gasteiger partial charge >= 0.3 is 0 Å². The monoisotopic (exact) mass is 262 g/mol. The fraction of sp³-hybridized carbons (Fsp3) is 0.647. The van der Waals surface area contributed by atoms with E-state index in [9.17, 15) is 0 Å². The molecule has 0 aromatic heterocycles. The molecule has 0 amide bonds. The first-order valence-corrected chi connectivity index (χ1v) is 7.73. The first-order valence-electron chi connectivity index (χ1n) is 7.73. The number of hydrogen-bond donors (Lipinski definition) is 1. The van der Waals surface area contributed by atoms with Gasteiger partial charge in [-0.1, -0.05) is 51.0 Å². The molecule has 0 bridgehead atoms. The Morgan fingerprint density at radius 1 is 1.05 bits per heavy atom. The minimum Gasteiger partial charge on any atom is -0.313 e. The summed E-state index contributed by atoms with van der Waals surface area (Å²) in [7, 11) is 2.22. The Bertz CT molecular complexity index is 336. The lowest BCUT2D eigenvalue weighted by Gasteiger charge is -2.17. The van der Waals surface area contributed by atoms with E-state index in [0.29, 0.717) is 0 Å². The second kappa shape index (κ2) is 9.99. The van der Waals surface area contributed by atoms with Gasteiger partial charge < -0.3 is 10.2 Å². The zero-order valence-electron chi connectivity index (χ0n) is 12.9. The Morgan fingerprint density at radius 2 is 1.84 bits per heavy atom. The molecule has 0 radical (unpaired) electrons. The molecule has 1 rings (SSSR count). The van der Waals surface area contributed by atoms with E-state index in [2.05, 4.69) is 55.4 Å².